The molecule has 0 bridgehead atoms. The summed E-state index contributed by atoms with van der Waals surface area (Å²) in [5.41, 5.74) is 2.53. The number of anilines is 1. The van der Waals surface area contributed by atoms with Gasteiger partial charge in [0, 0.05) is 50.0 Å². The Balaban J connectivity index is 1.21. The first-order valence-electron chi connectivity index (χ1n) is 11.5. The fraction of sp³-hybridized carbons (Fsp3) is 0.400. The summed E-state index contributed by atoms with van der Waals surface area (Å²) in [6.07, 6.45) is 6.78. The van der Waals surface area contributed by atoms with Gasteiger partial charge in [0.1, 0.15) is 0 Å². The van der Waals surface area contributed by atoms with Gasteiger partial charge in [0.25, 0.3) is 0 Å². The fourth-order valence-corrected chi connectivity index (χ4v) is 5.44. The van der Waals surface area contributed by atoms with Gasteiger partial charge in [-0.05, 0) is 48.0 Å². The third kappa shape index (κ3) is 4.69. The zero-order valence-electron chi connectivity index (χ0n) is 18.3. The second-order valence-corrected chi connectivity index (χ2v) is 9.47. The number of nitrogens with zero attached hydrogens (tertiary/aromatic N) is 5. The van der Waals surface area contributed by atoms with Crippen molar-refractivity contribution in [2.45, 2.75) is 31.8 Å². The highest BCUT2D eigenvalue weighted by Crippen LogP contribution is 2.26. The Morgan fingerprint density at radius 3 is 2.44 bits per heavy atom. The van der Waals surface area contributed by atoms with E-state index >= 15 is 0 Å². The summed E-state index contributed by atoms with van der Waals surface area (Å²) in [6, 6.07) is 14.9. The smallest absolute Gasteiger partial charge is 0.240 e. The summed E-state index contributed by atoms with van der Waals surface area (Å²) < 4.78 is 0. The highest BCUT2D eigenvalue weighted by Gasteiger charge is 2.33. The summed E-state index contributed by atoms with van der Waals surface area (Å²) in [4.78, 5) is 30.0. The molecular formula is C25H29N5OS. The first kappa shape index (κ1) is 21.1. The van der Waals surface area contributed by atoms with Crippen molar-refractivity contribution in [3.05, 3.63) is 65.8 Å². The van der Waals surface area contributed by atoms with Gasteiger partial charge in [0.15, 0.2) is 0 Å². The second kappa shape index (κ2) is 9.79. The van der Waals surface area contributed by atoms with Gasteiger partial charge in [-0.3, -0.25) is 9.69 Å². The van der Waals surface area contributed by atoms with Crippen LogP contribution in [0.1, 0.15) is 24.8 Å². The molecule has 6 nitrogen and oxygen atoms in total. The SMILES string of the molecule is O=C(C1CCCCN1Cc1ccc(-c2cccs2)cc1)N1CCN(c2ncccn2)CC1. The largest absolute Gasteiger partial charge is 0.338 e. The van der Waals surface area contributed by atoms with Crippen LogP contribution in [0.25, 0.3) is 10.4 Å². The van der Waals surface area contributed by atoms with E-state index < -0.39 is 0 Å². The van der Waals surface area contributed by atoms with Gasteiger partial charge in [-0.15, -0.1) is 11.3 Å². The van der Waals surface area contributed by atoms with Crippen molar-refractivity contribution in [3.63, 3.8) is 0 Å². The van der Waals surface area contributed by atoms with Crippen molar-refractivity contribution < 1.29 is 4.79 Å². The normalized spacial score (nSPS) is 19.8. The first-order chi connectivity index (χ1) is 15.8. The molecule has 1 atom stereocenters. The fourth-order valence-electron chi connectivity index (χ4n) is 4.70. The Morgan fingerprint density at radius 1 is 0.938 bits per heavy atom. The lowest BCUT2D eigenvalue weighted by Gasteiger charge is -2.41. The van der Waals surface area contributed by atoms with Gasteiger partial charge < -0.3 is 9.80 Å². The highest BCUT2D eigenvalue weighted by molar-refractivity contribution is 7.13. The Hall–Kier alpha value is -2.77. The van der Waals surface area contributed by atoms with Crippen LogP contribution in [-0.4, -0.2) is 64.4 Å². The quantitative estimate of drug-likeness (QED) is 0.594. The van der Waals surface area contributed by atoms with E-state index in [0.717, 1.165) is 64.5 Å². The zero-order chi connectivity index (χ0) is 21.8. The lowest BCUT2D eigenvalue weighted by molar-refractivity contribution is -0.138. The van der Waals surface area contributed by atoms with Gasteiger partial charge >= 0.3 is 0 Å². The van der Waals surface area contributed by atoms with Gasteiger partial charge in [-0.1, -0.05) is 36.8 Å². The van der Waals surface area contributed by atoms with Gasteiger partial charge in [-0.2, -0.15) is 0 Å². The van der Waals surface area contributed by atoms with E-state index in [2.05, 4.69) is 61.5 Å². The predicted molar refractivity (Wildman–Crippen MR) is 129 cm³/mol. The predicted octanol–water partition coefficient (Wildman–Crippen LogP) is 3.91. The molecule has 7 heteroatoms. The minimum Gasteiger partial charge on any atom is -0.338 e. The number of piperazine rings is 1. The van der Waals surface area contributed by atoms with Crippen molar-refractivity contribution >= 4 is 23.2 Å². The summed E-state index contributed by atoms with van der Waals surface area (Å²) in [7, 11) is 0. The molecule has 2 aliphatic heterocycles. The van der Waals surface area contributed by atoms with E-state index in [-0.39, 0.29) is 11.9 Å². The minimum atomic E-state index is -0.0137. The van der Waals surface area contributed by atoms with Crippen LogP contribution in [0.5, 0.6) is 0 Å². The average Bonchev–Trinajstić information content (AvgIpc) is 3.40. The second-order valence-electron chi connectivity index (χ2n) is 8.52. The van der Waals surface area contributed by atoms with E-state index in [1.807, 2.05) is 11.0 Å². The number of benzene rings is 1. The first-order valence-corrected chi connectivity index (χ1v) is 12.3. The molecule has 1 amide bonds. The molecule has 0 N–H and O–H groups in total. The molecule has 2 saturated heterocycles. The van der Waals surface area contributed by atoms with E-state index in [1.54, 1.807) is 23.7 Å². The van der Waals surface area contributed by atoms with Crippen LogP contribution in [0, 0.1) is 0 Å². The van der Waals surface area contributed by atoms with Crippen LogP contribution < -0.4 is 4.90 Å². The highest BCUT2D eigenvalue weighted by atomic mass is 32.1. The standard InChI is InChI=1S/C25H29N5OS/c31-24(28-14-16-29(17-15-28)25-26-11-4-12-27-25)22-5-1-2-13-30(22)19-20-7-9-21(10-8-20)23-6-3-18-32-23/h3-4,6-12,18,22H,1-2,5,13-17,19H2. The number of hydrogen-bond donors (Lipinski definition) is 0. The molecule has 0 radical (unpaired) electrons. The number of rotatable bonds is 5. The van der Waals surface area contributed by atoms with E-state index in [1.165, 1.54) is 16.0 Å². The minimum absolute atomic E-state index is 0.0137. The zero-order valence-corrected chi connectivity index (χ0v) is 19.1. The van der Waals surface area contributed by atoms with E-state index in [4.69, 9.17) is 0 Å². The van der Waals surface area contributed by atoms with Crippen molar-refractivity contribution in [1.29, 1.82) is 0 Å². The molecular weight excluding hydrogens is 418 g/mol. The molecule has 2 aliphatic rings. The maximum absolute atomic E-state index is 13.4. The number of likely N-dealkylation sites (tertiary alicyclic amines) is 1. The Bertz CT molecular complexity index is 1000. The van der Waals surface area contributed by atoms with Crippen LogP contribution in [0.4, 0.5) is 5.95 Å². The molecule has 4 heterocycles. The maximum Gasteiger partial charge on any atom is 0.240 e. The maximum atomic E-state index is 13.4. The molecule has 5 rings (SSSR count). The van der Waals surface area contributed by atoms with Crippen molar-refractivity contribution in [1.82, 2.24) is 19.8 Å². The third-order valence-electron chi connectivity index (χ3n) is 6.47. The van der Waals surface area contributed by atoms with Crippen molar-refractivity contribution in [2.75, 3.05) is 37.6 Å². The van der Waals surface area contributed by atoms with E-state index in [0.29, 0.717) is 0 Å². The molecule has 1 unspecified atom stereocenters. The lowest BCUT2D eigenvalue weighted by Crippen LogP contribution is -2.56. The molecule has 166 valence electrons. The van der Waals surface area contributed by atoms with Crippen LogP contribution in [0.2, 0.25) is 0 Å². The average molecular weight is 448 g/mol. The summed E-state index contributed by atoms with van der Waals surface area (Å²) in [5.74, 6) is 1.04. The Kier molecular flexibility index (Phi) is 6.46. The number of carbonyl (C=O) groups is 1. The molecule has 0 saturated carbocycles. The number of amides is 1. The van der Waals surface area contributed by atoms with Crippen LogP contribution in [-0.2, 0) is 11.3 Å². The molecule has 3 aromatic rings. The van der Waals surface area contributed by atoms with Gasteiger partial charge in [0.2, 0.25) is 11.9 Å². The summed E-state index contributed by atoms with van der Waals surface area (Å²) >= 11 is 1.76. The monoisotopic (exact) mass is 447 g/mol. The summed E-state index contributed by atoms with van der Waals surface area (Å²) in [6.45, 7) is 4.85. The van der Waals surface area contributed by atoms with Crippen LogP contribution in [0.3, 0.4) is 0 Å². The van der Waals surface area contributed by atoms with Crippen molar-refractivity contribution in [2.24, 2.45) is 0 Å². The van der Waals surface area contributed by atoms with Crippen LogP contribution >= 0.6 is 11.3 Å². The topological polar surface area (TPSA) is 52.6 Å². The number of aromatic nitrogens is 2. The van der Waals surface area contributed by atoms with E-state index in [9.17, 15) is 4.79 Å². The summed E-state index contributed by atoms with van der Waals surface area (Å²) in [5, 5.41) is 2.11. The van der Waals surface area contributed by atoms with Crippen molar-refractivity contribution in [3.8, 4) is 10.4 Å². The molecule has 2 fully saturated rings. The molecule has 2 aromatic heterocycles. The van der Waals surface area contributed by atoms with Gasteiger partial charge in [-0.25, -0.2) is 9.97 Å². The Labute approximate surface area is 193 Å². The number of hydrogen-bond acceptors (Lipinski definition) is 6. The molecule has 32 heavy (non-hydrogen) atoms. The number of piperidine rings is 1. The van der Waals surface area contributed by atoms with Crippen LogP contribution in [0.15, 0.2) is 60.2 Å². The molecule has 0 aliphatic carbocycles. The number of carbonyl (C=O) groups excluding carboxylic acids is 1. The third-order valence-corrected chi connectivity index (χ3v) is 7.39. The molecule has 0 spiro atoms. The Morgan fingerprint density at radius 2 is 1.72 bits per heavy atom. The lowest BCUT2D eigenvalue weighted by atomic mass is 9.99. The molecule has 1 aromatic carbocycles. The van der Waals surface area contributed by atoms with Gasteiger partial charge in [0.05, 0.1) is 6.04 Å². The number of thiophene rings is 1.